The first-order valence-corrected chi connectivity index (χ1v) is 4.31. The van der Waals surface area contributed by atoms with E-state index in [9.17, 15) is 9.59 Å². The molecular weight excluding hydrogens is 204 g/mol. The fraction of sp³-hybridized carbons (Fsp3) is 0.750. The zero-order chi connectivity index (χ0) is 12.2. The molecule has 0 aliphatic rings. The molecule has 0 aromatic heterocycles. The Morgan fingerprint density at radius 1 is 1.47 bits per heavy atom. The van der Waals surface area contributed by atoms with Crippen LogP contribution >= 0.6 is 0 Å². The molecule has 0 aliphatic heterocycles. The predicted octanol–water partition coefficient (Wildman–Crippen LogP) is -0.541. The molecule has 0 heterocycles. The first-order valence-electron chi connectivity index (χ1n) is 4.31. The van der Waals surface area contributed by atoms with E-state index in [1.54, 1.807) is 20.8 Å². The number of carbonyl (C=O) groups excluding carboxylic acids is 2. The summed E-state index contributed by atoms with van der Waals surface area (Å²) in [5, 5.41) is 17.4. The molecule has 0 saturated heterocycles. The van der Waals surface area contributed by atoms with Crippen molar-refractivity contribution >= 4 is 12.0 Å². The van der Waals surface area contributed by atoms with Crippen LogP contribution < -0.4 is 5.73 Å². The summed E-state index contributed by atoms with van der Waals surface area (Å²) >= 11 is 0. The molecule has 0 aromatic carbocycles. The van der Waals surface area contributed by atoms with Gasteiger partial charge in [0, 0.05) is 0 Å². The van der Waals surface area contributed by atoms with Crippen molar-refractivity contribution in [2.45, 2.75) is 32.4 Å². The zero-order valence-electron chi connectivity index (χ0n) is 8.93. The van der Waals surface area contributed by atoms with Crippen molar-refractivity contribution in [2.24, 2.45) is 5.73 Å². The van der Waals surface area contributed by atoms with Crippen molar-refractivity contribution in [1.82, 2.24) is 5.06 Å². The topological polar surface area (TPSA) is 113 Å². The van der Waals surface area contributed by atoms with Crippen LogP contribution in [0, 0.1) is 0 Å². The highest BCUT2D eigenvalue weighted by atomic mass is 16.6. The first-order chi connectivity index (χ1) is 6.69. The van der Waals surface area contributed by atoms with Gasteiger partial charge in [0.2, 0.25) is 0 Å². The van der Waals surface area contributed by atoms with Crippen LogP contribution in [0.5, 0.6) is 0 Å². The number of nitrogens with zero attached hydrogens (tertiary/aromatic N) is 1. The van der Waals surface area contributed by atoms with Crippen LogP contribution in [0.2, 0.25) is 0 Å². The molecule has 0 unspecified atom stereocenters. The number of carbonyl (C=O) groups is 2. The molecule has 0 rings (SSSR count). The Balaban J connectivity index is 4.39. The Morgan fingerprint density at radius 2 is 1.93 bits per heavy atom. The summed E-state index contributed by atoms with van der Waals surface area (Å²) in [5.41, 5.74) is 4.28. The average molecular weight is 220 g/mol. The molecule has 0 fully saturated rings. The molecule has 7 heteroatoms. The molecule has 15 heavy (non-hydrogen) atoms. The Labute approximate surface area is 87.4 Å². The van der Waals surface area contributed by atoms with Gasteiger partial charge in [0.25, 0.3) is 5.91 Å². The van der Waals surface area contributed by atoms with Gasteiger partial charge in [-0.05, 0) is 20.8 Å². The highest BCUT2D eigenvalue weighted by Gasteiger charge is 2.29. The van der Waals surface area contributed by atoms with E-state index < -0.39 is 30.3 Å². The highest BCUT2D eigenvalue weighted by molar-refractivity contribution is 5.93. The predicted molar refractivity (Wildman–Crippen MR) is 49.9 cm³/mol. The van der Waals surface area contributed by atoms with Gasteiger partial charge in [0.15, 0.2) is 0 Å². The number of hydroxylamine groups is 2. The molecule has 0 aliphatic carbocycles. The van der Waals surface area contributed by atoms with Crippen LogP contribution in [0.3, 0.4) is 0 Å². The summed E-state index contributed by atoms with van der Waals surface area (Å²) < 4.78 is 4.69. The summed E-state index contributed by atoms with van der Waals surface area (Å²) in [7, 11) is 0. The van der Waals surface area contributed by atoms with Crippen molar-refractivity contribution in [2.75, 3.05) is 6.61 Å². The van der Waals surface area contributed by atoms with Gasteiger partial charge >= 0.3 is 6.09 Å². The molecular formula is C8H16N2O5. The summed E-state index contributed by atoms with van der Waals surface area (Å²) in [4.78, 5) is 22.2. The van der Waals surface area contributed by atoms with Crippen LogP contribution in [-0.4, -0.2) is 45.6 Å². The molecule has 0 aromatic rings. The van der Waals surface area contributed by atoms with Gasteiger partial charge in [-0.1, -0.05) is 0 Å². The number of amides is 2. The van der Waals surface area contributed by atoms with Crippen LogP contribution in [-0.2, 0) is 9.53 Å². The Hall–Kier alpha value is -1.18. The minimum Gasteiger partial charge on any atom is -0.442 e. The molecule has 88 valence electrons. The Morgan fingerprint density at radius 3 is 2.27 bits per heavy atom. The minimum atomic E-state index is -1.34. The summed E-state index contributed by atoms with van der Waals surface area (Å²) in [6, 6.07) is -1.34. The van der Waals surface area contributed by atoms with E-state index >= 15 is 0 Å². The number of rotatable bonds is 2. The number of ether oxygens (including phenoxy) is 1. The molecule has 0 saturated carbocycles. The van der Waals surface area contributed by atoms with Gasteiger partial charge in [-0.25, -0.2) is 4.79 Å². The maximum Gasteiger partial charge on any atom is 0.441 e. The van der Waals surface area contributed by atoms with Crippen LogP contribution in [0.25, 0.3) is 0 Å². The third-order valence-electron chi connectivity index (χ3n) is 1.29. The largest absolute Gasteiger partial charge is 0.442 e. The van der Waals surface area contributed by atoms with Crippen molar-refractivity contribution in [1.29, 1.82) is 0 Å². The van der Waals surface area contributed by atoms with Gasteiger partial charge in [0.1, 0.15) is 11.6 Å². The smallest absolute Gasteiger partial charge is 0.441 e. The van der Waals surface area contributed by atoms with Gasteiger partial charge in [-0.15, -0.1) is 5.06 Å². The lowest BCUT2D eigenvalue weighted by atomic mass is 10.2. The van der Waals surface area contributed by atoms with Gasteiger partial charge in [0.05, 0.1) is 6.61 Å². The maximum absolute atomic E-state index is 11.1. The standard InChI is InChI=1S/C8H16N2O5/c1-8(2,3)15-7(13)10(14)6(12)5(9)4-11/h5,11,14H,4,9H2,1-3H3/t5-/m1/s1. The summed E-state index contributed by atoms with van der Waals surface area (Å²) in [6.07, 6.45) is -1.23. The number of aliphatic hydroxyl groups is 1. The van der Waals surface area contributed by atoms with Crippen LogP contribution in [0.1, 0.15) is 20.8 Å². The van der Waals surface area contributed by atoms with E-state index in [0.29, 0.717) is 0 Å². The Bertz CT molecular complexity index is 248. The molecule has 1 atom stereocenters. The third kappa shape index (κ3) is 4.73. The first kappa shape index (κ1) is 13.8. The van der Waals surface area contributed by atoms with E-state index in [1.807, 2.05) is 0 Å². The molecule has 4 N–H and O–H groups in total. The quantitative estimate of drug-likeness (QED) is 0.425. The monoisotopic (exact) mass is 220 g/mol. The number of imide groups is 1. The molecule has 2 amide bonds. The van der Waals surface area contributed by atoms with E-state index in [4.69, 9.17) is 20.8 Å². The fourth-order valence-corrected chi connectivity index (χ4v) is 0.630. The molecule has 0 bridgehead atoms. The molecule has 0 spiro atoms. The summed E-state index contributed by atoms with van der Waals surface area (Å²) in [6.45, 7) is 4.07. The second-order valence-electron chi connectivity index (χ2n) is 3.92. The minimum absolute atomic E-state index is 0.244. The number of nitrogens with two attached hydrogens (primary N) is 1. The molecule has 0 radical (unpaired) electrons. The number of aliphatic hydroxyl groups excluding tert-OH is 1. The average Bonchev–Trinajstić information content (AvgIpc) is 2.11. The summed E-state index contributed by atoms with van der Waals surface area (Å²) in [5.74, 6) is -1.12. The van der Waals surface area contributed by atoms with E-state index in [1.165, 1.54) is 0 Å². The lowest BCUT2D eigenvalue weighted by molar-refractivity contribution is -0.162. The SMILES string of the molecule is CC(C)(C)OC(=O)N(O)C(=O)[C@H](N)CO. The number of hydrogen-bond acceptors (Lipinski definition) is 6. The number of hydrogen-bond donors (Lipinski definition) is 3. The highest BCUT2D eigenvalue weighted by Crippen LogP contribution is 2.09. The maximum atomic E-state index is 11.1. The Kier molecular flexibility index (Phi) is 4.66. The van der Waals surface area contributed by atoms with Crippen LogP contribution in [0.4, 0.5) is 4.79 Å². The van der Waals surface area contributed by atoms with Crippen LogP contribution in [0.15, 0.2) is 0 Å². The fourth-order valence-electron chi connectivity index (χ4n) is 0.630. The van der Waals surface area contributed by atoms with Gasteiger partial charge in [-0.2, -0.15) is 0 Å². The lowest BCUT2D eigenvalue weighted by Gasteiger charge is -2.23. The van der Waals surface area contributed by atoms with Gasteiger partial charge < -0.3 is 15.6 Å². The van der Waals surface area contributed by atoms with E-state index in [-0.39, 0.29) is 5.06 Å². The lowest BCUT2D eigenvalue weighted by Crippen LogP contribution is -2.48. The van der Waals surface area contributed by atoms with Crippen molar-refractivity contribution < 1.29 is 24.6 Å². The third-order valence-corrected chi connectivity index (χ3v) is 1.29. The van der Waals surface area contributed by atoms with Crippen molar-refractivity contribution in [3.63, 3.8) is 0 Å². The normalized spacial score (nSPS) is 13.2. The second kappa shape index (κ2) is 5.06. The van der Waals surface area contributed by atoms with E-state index in [0.717, 1.165) is 0 Å². The second-order valence-corrected chi connectivity index (χ2v) is 3.92. The van der Waals surface area contributed by atoms with E-state index in [2.05, 4.69) is 0 Å². The van der Waals surface area contributed by atoms with Gasteiger partial charge in [-0.3, -0.25) is 10.0 Å². The van der Waals surface area contributed by atoms with Crippen molar-refractivity contribution in [3.05, 3.63) is 0 Å². The van der Waals surface area contributed by atoms with Crippen molar-refractivity contribution in [3.8, 4) is 0 Å². The molecule has 7 nitrogen and oxygen atoms in total. The zero-order valence-corrected chi connectivity index (χ0v) is 8.93.